The first-order valence-corrected chi connectivity index (χ1v) is 13.2. The molecule has 1 aromatic carbocycles. The molecule has 3 aliphatic rings. The number of nitrogens with one attached hydrogen (secondary N) is 1. The molecule has 11 heteroatoms. The van der Waals surface area contributed by atoms with Gasteiger partial charge in [-0.15, -0.1) is 10.2 Å². The summed E-state index contributed by atoms with van der Waals surface area (Å²) in [5, 5.41) is 10.6. The Balaban J connectivity index is 1.28. The molecule has 1 unspecified atom stereocenters. The average molecular weight is 541 g/mol. The van der Waals surface area contributed by atoms with Crippen LogP contribution in [0.3, 0.4) is 0 Å². The van der Waals surface area contributed by atoms with Crippen LogP contribution in [0, 0.1) is 29.4 Å². The van der Waals surface area contributed by atoms with Gasteiger partial charge in [-0.1, -0.05) is 0 Å². The topological polar surface area (TPSA) is 59.5 Å². The van der Waals surface area contributed by atoms with Crippen LogP contribution < -0.4 is 10.1 Å². The highest BCUT2D eigenvalue weighted by Gasteiger charge is 2.43. The van der Waals surface area contributed by atoms with Gasteiger partial charge in [-0.25, -0.2) is 8.78 Å². The minimum atomic E-state index is -4.75. The van der Waals surface area contributed by atoms with Crippen LogP contribution in [-0.4, -0.2) is 60.1 Å². The Morgan fingerprint density at radius 2 is 1.71 bits per heavy atom. The number of hydrogen-bond acceptors (Lipinski definition) is 6. The van der Waals surface area contributed by atoms with Crippen LogP contribution in [0.25, 0.3) is 11.3 Å². The Bertz CT molecular complexity index is 1130. The number of alkyl halides is 3. The fourth-order valence-electron chi connectivity index (χ4n) is 6.07. The highest BCUT2D eigenvalue weighted by molar-refractivity contribution is 5.64. The molecule has 1 saturated carbocycles. The first kappa shape index (κ1) is 27.1. The summed E-state index contributed by atoms with van der Waals surface area (Å²) < 4.78 is 81.8. The van der Waals surface area contributed by atoms with E-state index in [0.717, 1.165) is 76.7 Å². The van der Waals surface area contributed by atoms with Crippen molar-refractivity contribution in [3.63, 3.8) is 0 Å². The summed E-state index contributed by atoms with van der Waals surface area (Å²) >= 11 is 0. The lowest BCUT2D eigenvalue weighted by molar-refractivity contribution is -0.137. The Kier molecular flexibility index (Phi) is 7.77. The maximum atomic E-state index is 14.7. The second-order valence-electron chi connectivity index (χ2n) is 11.0. The highest BCUT2D eigenvalue weighted by atomic mass is 19.4. The normalized spacial score (nSPS) is 24.7. The monoisotopic (exact) mass is 540 g/mol. The van der Waals surface area contributed by atoms with Gasteiger partial charge in [0.05, 0.1) is 11.8 Å². The number of aromatic nitrogens is 2. The lowest BCUT2D eigenvalue weighted by Crippen LogP contribution is -2.32. The lowest BCUT2D eigenvalue weighted by Gasteiger charge is -2.28. The number of anilines is 1. The molecule has 0 bridgehead atoms. The van der Waals surface area contributed by atoms with Gasteiger partial charge in [0, 0.05) is 50.5 Å². The molecule has 208 valence electrons. The molecule has 38 heavy (non-hydrogen) atoms. The van der Waals surface area contributed by atoms with Crippen molar-refractivity contribution in [1.29, 1.82) is 0 Å². The standard InChI is InChI=1S/C27H33F5N4O2/c1-15(2)38-25-11-22(28)20(9-23(25)29)24-10-21(27(30,31)32)26(35-34-24)33-19-7-17-13-36(14-18(17)8-19)12-16-3-5-37-6-4-16/h9-11,15-19H,3-8,12-14H2,1-2H3,(H,33,35)/t17-,18+,19?. The summed E-state index contributed by atoms with van der Waals surface area (Å²) in [5.41, 5.74) is -1.87. The zero-order chi connectivity index (χ0) is 27.0. The Morgan fingerprint density at radius 1 is 1.03 bits per heavy atom. The SMILES string of the molecule is CC(C)Oc1cc(F)c(-c2cc(C(F)(F)F)c(NC3C[C@@H]4CN(CC5CCOCC5)C[C@@H]4C3)nn2)cc1F. The average Bonchev–Trinajstić information content (AvgIpc) is 3.39. The van der Waals surface area contributed by atoms with E-state index in [-0.39, 0.29) is 17.6 Å². The van der Waals surface area contributed by atoms with Crippen LogP contribution in [0.1, 0.15) is 45.1 Å². The lowest BCUT2D eigenvalue weighted by atomic mass is 10.00. The van der Waals surface area contributed by atoms with E-state index in [4.69, 9.17) is 9.47 Å². The fourth-order valence-corrected chi connectivity index (χ4v) is 6.07. The molecule has 2 saturated heterocycles. The van der Waals surface area contributed by atoms with Crippen LogP contribution >= 0.6 is 0 Å². The van der Waals surface area contributed by atoms with Crippen molar-refractivity contribution in [1.82, 2.24) is 15.1 Å². The van der Waals surface area contributed by atoms with Crippen molar-refractivity contribution in [3.8, 4) is 17.0 Å². The third-order valence-corrected chi connectivity index (χ3v) is 7.78. The van der Waals surface area contributed by atoms with Gasteiger partial charge in [-0.3, -0.25) is 0 Å². The summed E-state index contributed by atoms with van der Waals surface area (Å²) in [6.45, 7) is 7.91. The third-order valence-electron chi connectivity index (χ3n) is 7.78. The van der Waals surface area contributed by atoms with E-state index in [1.807, 2.05) is 0 Å². The summed E-state index contributed by atoms with van der Waals surface area (Å²) in [7, 11) is 0. The fraction of sp³-hybridized carbons (Fsp3) is 0.630. The van der Waals surface area contributed by atoms with Crippen LogP contribution in [-0.2, 0) is 10.9 Å². The predicted molar refractivity (Wildman–Crippen MR) is 132 cm³/mol. The number of likely N-dealkylation sites (tertiary alicyclic amines) is 1. The molecule has 0 radical (unpaired) electrons. The minimum absolute atomic E-state index is 0.155. The minimum Gasteiger partial charge on any atom is -0.488 e. The Labute approximate surface area is 218 Å². The van der Waals surface area contributed by atoms with Gasteiger partial charge in [-0.2, -0.15) is 13.2 Å². The maximum Gasteiger partial charge on any atom is 0.420 e. The van der Waals surface area contributed by atoms with E-state index in [1.54, 1.807) is 13.8 Å². The molecule has 2 aliphatic heterocycles. The van der Waals surface area contributed by atoms with Crippen LogP contribution in [0.15, 0.2) is 18.2 Å². The molecule has 6 nitrogen and oxygen atoms in total. The maximum absolute atomic E-state index is 14.7. The van der Waals surface area contributed by atoms with Crippen LogP contribution in [0.4, 0.5) is 27.8 Å². The van der Waals surface area contributed by atoms with Gasteiger partial charge < -0.3 is 19.7 Å². The zero-order valence-corrected chi connectivity index (χ0v) is 21.5. The molecule has 3 heterocycles. The van der Waals surface area contributed by atoms with Gasteiger partial charge in [0.25, 0.3) is 0 Å². The van der Waals surface area contributed by atoms with Crippen LogP contribution in [0.2, 0.25) is 0 Å². The van der Waals surface area contributed by atoms with Crippen molar-refractivity contribution in [2.75, 3.05) is 38.2 Å². The van der Waals surface area contributed by atoms with Crippen molar-refractivity contribution in [2.45, 2.75) is 57.9 Å². The van der Waals surface area contributed by atoms with Crippen molar-refractivity contribution >= 4 is 5.82 Å². The van der Waals surface area contributed by atoms with Crippen LogP contribution in [0.5, 0.6) is 5.75 Å². The number of ether oxygens (including phenoxy) is 2. The van der Waals surface area contributed by atoms with E-state index < -0.39 is 40.7 Å². The van der Waals surface area contributed by atoms with E-state index >= 15 is 0 Å². The smallest absolute Gasteiger partial charge is 0.420 e. The predicted octanol–water partition coefficient (Wildman–Crippen LogP) is 5.78. The zero-order valence-electron chi connectivity index (χ0n) is 21.5. The van der Waals surface area contributed by atoms with E-state index in [0.29, 0.717) is 17.8 Å². The molecule has 5 rings (SSSR count). The van der Waals surface area contributed by atoms with E-state index in [1.165, 1.54) is 0 Å². The van der Waals surface area contributed by atoms with Gasteiger partial charge >= 0.3 is 6.18 Å². The number of halogens is 5. The molecule has 3 fully saturated rings. The number of fused-ring (bicyclic) bond motifs is 1. The van der Waals surface area contributed by atoms with Crippen molar-refractivity contribution in [2.24, 2.45) is 17.8 Å². The molecule has 2 aromatic rings. The van der Waals surface area contributed by atoms with Crippen molar-refractivity contribution in [3.05, 3.63) is 35.4 Å². The quantitative estimate of drug-likeness (QED) is 0.450. The van der Waals surface area contributed by atoms with Gasteiger partial charge in [0.15, 0.2) is 17.4 Å². The van der Waals surface area contributed by atoms with E-state index in [2.05, 4.69) is 20.4 Å². The number of rotatable bonds is 7. The van der Waals surface area contributed by atoms with Gasteiger partial charge in [-0.05, 0) is 69.4 Å². The molecular weight excluding hydrogens is 507 g/mol. The summed E-state index contributed by atoms with van der Waals surface area (Å²) in [4.78, 5) is 2.49. The van der Waals surface area contributed by atoms with Crippen molar-refractivity contribution < 1.29 is 31.4 Å². The van der Waals surface area contributed by atoms with Gasteiger partial charge in [0.2, 0.25) is 0 Å². The second-order valence-corrected chi connectivity index (χ2v) is 11.0. The molecule has 0 spiro atoms. The summed E-state index contributed by atoms with van der Waals surface area (Å²) in [5.74, 6) is -1.03. The largest absolute Gasteiger partial charge is 0.488 e. The van der Waals surface area contributed by atoms with Gasteiger partial charge in [0.1, 0.15) is 11.4 Å². The van der Waals surface area contributed by atoms with E-state index in [9.17, 15) is 22.0 Å². The highest BCUT2D eigenvalue weighted by Crippen LogP contribution is 2.42. The molecule has 3 atom stereocenters. The number of hydrogen-bond donors (Lipinski definition) is 1. The first-order chi connectivity index (χ1) is 18.1. The second kappa shape index (κ2) is 10.9. The molecular formula is C27H33F5N4O2. The third kappa shape index (κ3) is 6.03. The number of benzene rings is 1. The molecule has 1 N–H and O–H groups in total. The molecule has 1 aromatic heterocycles. The molecule has 0 amide bonds. The number of nitrogens with zero attached hydrogens (tertiary/aromatic N) is 3. The molecule has 1 aliphatic carbocycles. The first-order valence-electron chi connectivity index (χ1n) is 13.2. The Hall–Kier alpha value is -2.53. The summed E-state index contributed by atoms with van der Waals surface area (Å²) in [6, 6.07) is 2.17. The Morgan fingerprint density at radius 3 is 2.34 bits per heavy atom. The summed E-state index contributed by atoms with van der Waals surface area (Å²) in [6.07, 6.45) is -1.48.